The third-order valence-electron chi connectivity index (χ3n) is 6.82. The molecular weight excluding hydrogens is 660 g/mol. The molecule has 51 heavy (non-hydrogen) atoms. The molecule has 0 spiro atoms. The van der Waals surface area contributed by atoms with E-state index in [2.05, 4.69) is 26.8 Å². The smallest absolute Gasteiger partial charge is 0.408 e. The second-order valence-electron chi connectivity index (χ2n) is 13.9. The Kier molecular flexibility index (Phi) is 13.5. The molecule has 3 amide bonds. The SMILES string of the molecule is CC(C)(C)OC(=O)NCC(=O)O.CC(C)Oc1ccc(-c2nc(-c3ccc4c(c3)CCN(C(=O)CNC(=O)OC(C)(C)C)CC4)no2)cc1C#N. The molecule has 15 heteroatoms. The Morgan fingerprint density at radius 3 is 2.06 bits per heavy atom. The van der Waals surface area contributed by atoms with Gasteiger partial charge in [-0.25, -0.2) is 9.59 Å². The van der Waals surface area contributed by atoms with Gasteiger partial charge in [-0.3, -0.25) is 9.59 Å². The highest BCUT2D eigenvalue weighted by molar-refractivity contribution is 5.82. The first-order chi connectivity index (χ1) is 23.8. The van der Waals surface area contributed by atoms with E-state index >= 15 is 0 Å². The molecule has 3 N–H and O–H groups in total. The minimum atomic E-state index is -1.10. The zero-order chi connectivity index (χ0) is 37.9. The minimum absolute atomic E-state index is 0.0507. The lowest BCUT2D eigenvalue weighted by Gasteiger charge is -2.22. The first-order valence-corrected chi connectivity index (χ1v) is 16.4. The van der Waals surface area contributed by atoms with Crippen molar-refractivity contribution < 1.29 is 43.0 Å². The summed E-state index contributed by atoms with van der Waals surface area (Å²) in [5, 5.41) is 26.5. The van der Waals surface area contributed by atoms with E-state index in [9.17, 15) is 24.4 Å². The van der Waals surface area contributed by atoms with Gasteiger partial charge in [0.2, 0.25) is 11.7 Å². The van der Waals surface area contributed by atoms with Gasteiger partial charge in [-0.05, 0) is 104 Å². The van der Waals surface area contributed by atoms with E-state index in [1.807, 2.05) is 32.0 Å². The second kappa shape index (κ2) is 17.3. The third-order valence-corrected chi connectivity index (χ3v) is 6.82. The van der Waals surface area contributed by atoms with E-state index in [-0.39, 0.29) is 18.6 Å². The fourth-order valence-electron chi connectivity index (χ4n) is 4.71. The molecule has 0 unspecified atom stereocenters. The lowest BCUT2D eigenvalue weighted by Crippen LogP contribution is -2.42. The topological polar surface area (TPSA) is 206 Å². The number of ether oxygens (including phenoxy) is 3. The fourth-order valence-corrected chi connectivity index (χ4v) is 4.71. The summed E-state index contributed by atoms with van der Waals surface area (Å²) >= 11 is 0. The monoisotopic (exact) mass is 706 g/mol. The maximum Gasteiger partial charge on any atom is 0.408 e. The molecule has 1 aliphatic heterocycles. The molecule has 0 radical (unpaired) electrons. The predicted molar refractivity (Wildman–Crippen MR) is 186 cm³/mol. The number of carbonyl (C=O) groups is 4. The molecule has 274 valence electrons. The summed E-state index contributed by atoms with van der Waals surface area (Å²) in [5.41, 5.74) is 2.87. The van der Waals surface area contributed by atoms with Crippen LogP contribution in [0.25, 0.3) is 22.8 Å². The number of carboxylic acids is 1. The molecule has 0 fully saturated rings. The number of nitrogens with one attached hydrogen (secondary N) is 2. The Morgan fingerprint density at radius 2 is 1.49 bits per heavy atom. The van der Waals surface area contributed by atoms with Gasteiger partial charge in [0.1, 0.15) is 36.1 Å². The first-order valence-electron chi connectivity index (χ1n) is 16.4. The number of fused-ring (bicyclic) bond motifs is 1. The Morgan fingerprint density at radius 1 is 0.902 bits per heavy atom. The van der Waals surface area contributed by atoms with Crippen LogP contribution in [0, 0.1) is 11.3 Å². The summed E-state index contributed by atoms with van der Waals surface area (Å²) in [5.74, 6) is 0.00310. The van der Waals surface area contributed by atoms with Crippen LogP contribution in [-0.4, -0.2) is 87.7 Å². The van der Waals surface area contributed by atoms with Crippen LogP contribution in [0.1, 0.15) is 72.1 Å². The van der Waals surface area contributed by atoms with Crippen molar-refractivity contribution in [3.05, 3.63) is 53.1 Å². The first kappa shape index (κ1) is 39.8. The van der Waals surface area contributed by atoms with Crippen LogP contribution in [0.5, 0.6) is 5.75 Å². The molecule has 0 saturated heterocycles. The van der Waals surface area contributed by atoms with Crippen molar-refractivity contribution in [1.29, 1.82) is 5.26 Å². The molecule has 2 heterocycles. The van der Waals surface area contributed by atoms with E-state index in [0.29, 0.717) is 54.5 Å². The summed E-state index contributed by atoms with van der Waals surface area (Å²) < 4.78 is 21.2. The Labute approximate surface area is 297 Å². The van der Waals surface area contributed by atoms with Gasteiger partial charge in [0.05, 0.1) is 11.7 Å². The molecule has 0 saturated carbocycles. The Hall–Kier alpha value is -5.65. The fraction of sp³-hybridized carbons (Fsp3) is 0.472. The maximum atomic E-state index is 12.7. The molecule has 0 bridgehead atoms. The highest BCUT2D eigenvalue weighted by atomic mass is 16.6. The van der Waals surface area contributed by atoms with Gasteiger partial charge in [0.15, 0.2) is 0 Å². The molecule has 4 rings (SSSR count). The van der Waals surface area contributed by atoms with Crippen molar-refractivity contribution in [2.75, 3.05) is 26.2 Å². The van der Waals surface area contributed by atoms with Crippen LogP contribution >= 0.6 is 0 Å². The number of rotatable bonds is 8. The van der Waals surface area contributed by atoms with Crippen molar-refractivity contribution in [3.8, 4) is 34.7 Å². The number of nitrogens with zero attached hydrogens (tertiary/aromatic N) is 4. The molecule has 1 aliphatic rings. The maximum absolute atomic E-state index is 12.7. The van der Waals surface area contributed by atoms with Crippen molar-refractivity contribution in [1.82, 2.24) is 25.7 Å². The second-order valence-corrected chi connectivity index (χ2v) is 13.9. The van der Waals surface area contributed by atoms with E-state index in [0.717, 1.165) is 16.7 Å². The number of aliphatic carboxylic acids is 1. The lowest BCUT2D eigenvalue weighted by molar-refractivity contribution is -0.136. The molecule has 2 aromatic carbocycles. The van der Waals surface area contributed by atoms with Crippen molar-refractivity contribution in [2.24, 2.45) is 0 Å². The summed E-state index contributed by atoms with van der Waals surface area (Å²) in [7, 11) is 0. The molecule has 15 nitrogen and oxygen atoms in total. The number of hydrogen-bond acceptors (Lipinski definition) is 11. The summed E-state index contributed by atoms with van der Waals surface area (Å²) in [4.78, 5) is 51.7. The van der Waals surface area contributed by atoms with E-state index in [1.54, 1.807) is 64.6 Å². The van der Waals surface area contributed by atoms with Crippen molar-refractivity contribution in [2.45, 2.75) is 85.5 Å². The van der Waals surface area contributed by atoms with Crippen molar-refractivity contribution in [3.63, 3.8) is 0 Å². The van der Waals surface area contributed by atoms with Gasteiger partial charge in [-0.2, -0.15) is 10.2 Å². The van der Waals surface area contributed by atoms with Gasteiger partial charge >= 0.3 is 18.2 Å². The lowest BCUT2D eigenvalue weighted by atomic mass is 10.00. The van der Waals surface area contributed by atoms with Gasteiger partial charge in [-0.15, -0.1) is 0 Å². The third kappa shape index (κ3) is 13.3. The van der Waals surface area contributed by atoms with E-state index < -0.39 is 35.9 Å². The predicted octanol–water partition coefficient (Wildman–Crippen LogP) is 5.11. The number of carboxylic acid groups (broad SMARTS) is 1. The number of aromatic nitrogens is 2. The molecular formula is C36H46N6O9. The van der Waals surface area contributed by atoms with Crippen LogP contribution in [0.3, 0.4) is 0 Å². The number of nitriles is 1. The average Bonchev–Trinajstić information content (AvgIpc) is 3.42. The summed E-state index contributed by atoms with van der Waals surface area (Å²) in [6, 6.07) is 13.3. The van der Waals surface area contributed by atoms with E-state index in [1.165, 1.54) is 0 Å². The quantitative estimate of drug-likeness (QED) is 0.279. The number of amides is 3. The zero-order valence-electron chi connectivity index (χ0n) is 30.3. The van der Waals surface area contributed by atoms with Crippen LogP contribution < -0.4 is 15.4 Å². The van der Waals surface area contributed by atoms with Gasteiger partial charge in [0, 0.05) is 24.2 Å². The summed E-state index contributed by atoms with van der Waals surface area (Å²) in [6.45, 7) is 14.8. The summed E-state index contributed by atoms with van der Waals surface area (Å²) in [6.07, 6.45) is -0.0148. The molecule has 0 aliphatic carbocycles. The largest absolute Gasteiger partial charge is 0.490 e. The standard InChI is InChI=1S/C29H33N5O5.C7H13NO4/c1-18(2)37-24-9-8-22(15-23(24)16-30)27-32-26(33-39-27)21-7-6-19-10-12-34(13-11-20(19)14-21)25(35)17-31-28(36)38-29(3,4)5;1-7(2,3)12-6(11)8-4-5(9)10/h6-9,14-15,18H,10-13,17H2,1-5H3,(H,31,36);4H2,1-3H3,(H,8,11)(H,9,10). The van der Waals surface area contributed by atoms with Crippen LogP contribution in [-0.2, 0) is 31.9 Å². The van der Waals surface area contributed by atoms with Gasteiger partial charge in [0.25, 0.3) is 5.89 Å². The van der Waals surface area contributed by atoms with Crippen LogP contribution in [0.4, 0.5) is 9.59 Å². The minimum Gasteiger partial charge on any atom is -0.490 e. The zero-order valence-corrected chi connectivity index (χ0v) is 30.3. The van der Waals surface area contributed by atoms with Crippen LogP contribution in [0.2, 0.25) is 0 Å². The number of hydrogen-bond donors (Lipinski definition) is 3. The van der Waals surface area contributed by atoms with Crippen LogP contribution in [0.15, 0.2) is 40.9 Å². The number of carbonyl (C=O) groups excluding carboxylic acids is 3. The van der Waals surface area contributed by atoms with Gasteiger partial charge < -0.3 is 39.4 Å². The Balaban J connectivity index is 0.000000501. The van der Waals surface area contributed by atoms with Crippen molar-refractivity contribution >= 4 is 24.1 Å². The van der Waals surface area contributed by atoms with Gasteiger partial charge in [-0.1, -0.05) is 17.3 Å². The molecule has 0 atom stereocenters. The normalized spacial score (nSPS) is 12.7. The number of alkyl carbamates (subject to hydrolysis) is 2. The van der Waals surface area contributed by atoms with E-state index in [4.69, 9.17) is 23.8 Å². The highest BCUT2D eigenvalue weighted by Crippen LogP contribution is 2.29. The molecule has 1 aromatic heterocycles. The highest BCUT2D eigenvalue weighted by Gasteiger charge is 2.22. The number of benzene rings is 2. The molecule has 3 aromatic rings. The average molecular weight is 707 g/mol. The Bertz CT molecular complexity index is 1750.